The van der Waals surface area contributed by atoms with Crippen LogP contribution in [-0.4, -0.2) is 0 Å². The zero-order valence-electron chi connectivity index (χ0n) is 17.9. The van der Waals surface area contributed by atoms with Crippen LogP contribution in [0.4, 0.5) is 0 Å². The Kier molecular flexibility index (Phi) is 4.11. The topological polar surface area (TPSA) is 0 Å². The molecule has 0 spiro atoms. The zero-order chi connectivity index (χ0) is 22.2. The molecule has 4 heterocycles. The van der Waals surface area contributed by atoms with Crippen LogP contribution in [0.1, 0.15) is 0 Å². The molecule has 0 nitrogen and oxygen atoms in total. The van der Waals surface area contributed by atoms with Gasteiger partial charge in [0.25, 0.3) is 0 Å². The first-order chi connectivity index (χ1) is 16.9. The SMILES string of the molecule is c1csc(-c2c3ccccc3cc3sc4c(sc5cc6ccccc6c(-c6cccs6)c54)c23)c1. The van der Waals surface area contributed by atoms with Gasteiger partial charge in [0.2, 0.25) is 0 Å². The van der Waals surface area contributed by atoms with E-state index < -0.39 is 0 Å². The smallest absolute Gasteiger partial charge is 0.0549 e. The third-order valence-corrected chi connectivity index (χ3v) is 10.9. The van der Waals surface area contributed by atoms with Crippen molar-refractivity contribution in [3.63, 3.8) is 0 Å². The monoisotopic (exact) mass is 504 g/mol. The van der Waals surface area contributed by atoms with Crippen LogP contribution in [0.3, 0.4) is 0 Å². The summed E-state index contributed by atoms with van der Waals surface area (Å²) in [5.74, 6) is 0. The van der Waals surface area contributed by atoms with Crippen molar-refractivity contribution < 1.29 is 0 Å². The highest BCUT2D eigenvalue weighted by molar-refractivity contribution is 7.37. The van der Waals surface area contributed by atoms with Gasteiger partial charge in [0.15, 0.2) is 0 Å². The lowest BCUT2D eigenvalue weighted by Crippen LogP contribution is -1.80. The fraction of sp³-hybridized carbons (Fsp3) is 0. The van der Waals surface area contributed by atoms with Gasteiger partial charge in [-0.25, -0.2) is 0 Å². The molecule has 0 radical (unpaired) electrons. The quantitative estimate of drug-likeness (QED) is 0.220. The maximum atomic E-state index is 2.40. The van der Waals surface area contributed by atoms with Crippen molar-refractivity contribution in [3.8, 4) is 20.9 Å². The van der Waals surface area contributed by atoms with E-state index in [1.165, 1.54) is 72.0 Å². The minimum Gasteiger partial charge on any atom is -0.144 e. The molecule has 4 heteroatoms. The van der Waals surface area contributed by atoms with Gasteiger partial charge >= 0.3 is 0 Å². The Bertz CT molecular complexity index is 1850. The largest absolute Gasteiger partial charge is 0.144 e. The van der Waals surface area contributed by atoms with Crippen molar-refractivity contribution in [3.05, 3.63) is 95.7 Å². The van der Waals surface area contributed by atoms with Crippen molar-refractivity contribution in [2.24, 2.45) is 0 Å². The molecule has 0 aliphatic heterocycles. The van der Waals surface area contributed by atoms with Gasteiger partial charge < -0.3 is 0 Å². The van der Waals surface area contributed by atoms with Crippen LogP contribution in [-0.2, 0) is 0 Å². The molecular formula is C30H16S4. The Morgan fingerprint density at radius 2 is 0.941 bits per heavy atom. The van der Waals surface area contributed by atoms with E-state index in [0.29, 0.717) is 0 Å². The second-order valence-electron chi connectivity index (χ2n) is 8.51. The zero-order valence-corrected chi connectivity index (χ0v) is 21.1. The third-order valence-electron chi connectivity index (χ3n) is 6.65. The molecule has 0 aliphatic carbocycles. The van der Waals surface area contributed by atoms with E-state index >= 15 is 0 Å². The molecule has 0 fully saturated rings. The Labute approximate surface area is 212 Å². The maximum absolute atomic E-state index is 2.40. The summed E-state index contributed by atoms with van der Waals surface area (Å²) in [5.41, 5.74) is 2.78. The predicted octanol–water partition coefficient (Wildman–Crippen LogP) is 11.0. The molecule has 0 aliphatic rings. The summed E-state index contributed by atoms with van der Waals surface area (Å²) >= 11 is 7.61. The van der Waals surface area contributed by atoms with Crippen LogP contribution in [0.5, 0.6) is 0 Å². The van der Waals surface area contributed by atoms with E-state index in [0.717, 1.165) is 0 Å². The minimum atomic E-state index is 1.32. The van der Waals surface area contributed by atoms with Crippen molar-refractivity contribution >= 4 is 96.5 Å². The lowest BCUT2D eigenvalue weighted by Gasteiger charge is -2.08. The number of fused-ring (bicyclic) bond motifs is 7. The van der Waals surface area contributed by atoms with Gasteiger partial charge in [0, 0.05) is 41.1 Å². The average Bonchev–Trinajstić information content (AvgIpc) is 3.67. The minimum absolute atomic E-state index is 1.32. The highest BCUT2D eigenvalue weighted by Crippen LogP contribution is 2.53. The number of hydrogen-bond donors (Lipinski definition) is 0. The van der Waals surface area contributed by atoms with Crippen LogP contribution in [0.2, 0.25) is 0 Å². The summed E-state index contributed by atoms with van der Waals surface area (Å²) in [4.78, 5) is 2.70. The Morgan fingerprint density at radius 1 is 0.471 bits per heavy atom. The summed E-state index contributed by atoms with van der Waals surface area (Å²) < 4.78 is 5.63. The Hall–Kier alpha value is -3.02. The van der Waals surface area contributed by atoms with Gasteiger partial charge in [0.1, 0.15) is 0 Å². The van der Waals surface area contributed by atoms with Crippen LogP contribution in [0.15, 0.2) is 95.7 Å². The van der Waals surface area contributed by atoms with Crippen LogP contribution in [0.25, 0.3) is 72.0 Å². The average molecular weight is 505 g/mol. The first kappa shape index (κ1) is 19.3. The standard InChI is InChI=1S/C30H16S4/c1-3-9-19-17(7-1)15-23-27(25(19)21-11-5-13-31-21)29-30(33-23)28-24(34-29)16-18-8-2-4-10-20(18)26(28)22-12-6-14-32-22/h1-16H. The molecule has 8 aromatic rings. The second-order valence-corrected chi connectivity index (χ2v) is 12.5. The van der Waals surface area contributed by atoms with E-state index in [2.05, 4.69) is 95.7 Å². The highest BCUT2D eigenvalue weighted by Gasteiger charge is 2.22. The molecule has 0 N–H and O–H groups in total. The third kappa shape index (κ3) is 2.62. The van der Waals surface area contributed by atoms with Gasteiger partial charge in [0.05, 0.1) is 9.40 Å². The lowest BCUT2D eigenvalue weighted by molar-refractivity contribution is 1.80. The molecular weight excluding hydrogens is 489 g/mol. The van der Waals surface area contributed by atoms with Crippen LogP contribution in [0, 0.1) is 0 Å². The van der Waals surface area contributed by atoms with Crippen molar-refractivity contribution in [1.82, 2.24) is 0 Å². The van der Waals surface area contributed by atoms with Gasteiger partial charge in [-0.1, -0.05) is 60.7 Å². The normalized spacial score (nSPS) is 12.1. The van der Waals surface area contributed by atoms with Crippen molar-refractivity contribution in [2.75, 3.05) is 0 Å². The summed E-state index contributed by atoms with van der Waals surface area (Å²) in [6, 6.07) is 31.4. The lowest BCUT2D eigenvalue weighted by atomic mass is 9.98. The molecule has 0 atom stereocenters. The van der Waals surface area contributed by atoms with Gasteiger partial charge in [-0.05, 0) is 56.6 Å². The van der Waals surface area contributed by atoms with E-state index in [-0.39, 0.29) is 0 Å². The molecule has 0 amide bonds. The highest BCUT2D eigenvalue weighted by atomic mass is 32.1. The fourth-order valence-electron chi connectivity index (χ4n) is 5.25. The Morgan fingerprint density at radius 3 is 1.38 bits per heavy atom. The van der Waals surface area contributed by atoms with Crippen molar-refractivity contribution in [1.29, 1.82) is 0 Å². The second kappa shape index (κ2) is 7.24. The fourth-order valence-corrected chi connectivity index (χ4v) is 9.65. The molecule has 0 unspecified atom stereocenters. The molecule has 0 saturated carbocycles. The Balaban J connectivity index is 1.63. The summed E-state index contributed by atoms with van der Waals surface area (Å²) in [7, 11) is 0. The summed E-state index contributed by atoms with van der Waals surface area (Å²) in [5, 5.41) is 12.6. The predicted molar refractivity (Wildman–Crippen MR) is 156 cm³/mol. The van der Waals surface area contributed by atoms with Crippen molar-refractivity contribution in [2.45, 2.75) is 0 Å². The van der Waals surface area contributed by atoms with Gasteiger partial charge in [-0.3, -0.25) is 0 Å². The van der Waals surface area contributed by atoms with Crippen LogP contribution < -0.4 is 0 Å². The van der Waals surface area contributed by atoms with E-state index in [9.17, 15) is 0 Å². The van der Waals surface area contributed by atoms with Gasteiger partial charge in [-0.15, -0.1) is 45.3 Å². The molecule has 4 aromatic heterocycles. The number of rotatable bonds is 2. The number of hydrogen-bond acceptors (Lipinski definition) is 4. The number of thiophene rings is 4. The maximum Gasteiger partial charge on any atom is 0.0549 e. The van der Waals surface area contributed by atoms with E-state index in [4.69, 9.17) is 0 Å². The van der Waals surface area contributed by atoms with Crippen LogP contribution >= 0.6 is 45.3 Å². The summed E-state index contributed by atoms with van der Waals surface area (Å²) in [6.07, 6.45) is 0. The molecule has 34 heavy (non-hydrogen) atoms. The summed E-state index contributed by atoms with van der Waals surface area (Å²) in [6.45, 7) is 0. The van der Waals surface area contributed by atoms with Gasteiger partial charge in [-0.2, -0.15) is 0 Å². The molecule has 0 saturated heterocycles. The molecule has 4 aromatic carbocycles. The first-order valence-electron chi connectivity index (χ1n) is 11.2. The molecule has 8 rings (SSSR count). The first-order valence-corrected chi connectivity index (χ1v) is 14.6. The van der Waals surface area contributed by atoms with E-state index in [1.807, 2.05) is 45.3 Å². The van der Waals surface area contributed by atoms with E-state index in [1.54, 1.807) is 0 Å². The molecule has 160 valence electrons. The molecule has 0 bridgehead atoms. The number of benzene rings is 4.